The smallest absolute Gasteiger partial charge is 0.277 e. The summed E-state index contributed by atoms with van der Waals surface area (Å²) in [7, 11) is 3.48. The van der Waals surface area contributed by atoms with Gasteiger partial charge in [0.1, 0.15) is 5.65 Å². The summed E-state index contributed by atoms with van der Waals surface area (Å²) < 4.78 is 15.8. The van der Waals surface area contributed by atoms with Crippen LogP contribution in [0.1, 0.15) is 36.2 Å². The van der Waals surface area contributed by atoms with Crippen LogP contribution in [0.4, 0.5) is 4.39 Å². The van der Waals surface area contributed by atoms with Crippen molar-refractivity contribution in [2.75, 3.05) is 27.2 Å². The molecule has 0 aliphatic carbocycles. The van der Waals surface area contributed by atoms with Crippen molar-refractivity contribution in [2.24, 2.45) is 5.92 Å². The normalized spacial score (nSPS) is 17.7. The van der Waals surface area contributed by atoms with Crippen molar-refractivity contribution >= 4 is 17.5 Å². The molecule has 0 N–H and O–H groups in total. The summed E-state index contributed by atoms with van der Waals surface area (Å²) in [4.78, 5) is 31.9. The SMILES string of the molecule is CN(C)C(=O)CC[C@@H]1CCCN(C(=O)c2nc3ccccn3c2F)C1. The Balaban J connectivity index is 1.69. The molecule has 25 heavy (non-hydrogen) atoms. The number of carbonyl (C=O) groups is 2. The van der Waals surface area contributed by atoms with E-state index in [1.165, 1.54) is 4.40 Å². The van der Waals surface area contributed by atoms with Crippen molar-refractivity contribution in [3.8, 4) is 0 Å². The first-order valence-corrected chi connectivity index (χ1v) is 8.59. The molecular formula is C18H23FN4O2. The van der Waals surface area contributed by atoms with Crippen LogP contribution >= 0.6 is 0 Å². The molecule has 1 fully saturated rings. The predicted molar refractivity (Wildman–Crippen MR) is 91.7 cm³/mol. The molecule has 2 aromatic rings. The lowest BCUT2D eigenvalue weighted by atomic mass is 9.93. The van der Waals surface area contributed by atoms with E-state index in [1.54, 1.807) is 48.3 Å². The summed E-state index contributed by atoms with van der Waals surface area (Å²) in [5.74, 6) is -0.633. The first-order valence-electron chi connectivity index (χ1n) is 8.59. The lowest BCUT2D eigenvalue weighted by molar-refractivity contribution is -0.129. The fourth-order valence-corrected chi connectivity index (χ4v) is 3.29. The molecule has 1 atom stereocenters. The molecular weight excluding hydrogens is 323 g/mol. The number of fused-ring (bicyclic) bond motifs is 1. The summed E-state index contributed by atoms with van der Waals surface area (Å²) in [6, 6.07) is 5.13. The number of pyridine rings is 1. The lowest BCUT2D eigenvalue weighted by Gasteiger charge is -2.32. The molecule has 2 amide bonds. The van der Waals surface area contributed by atoms with Crippen LogP contribution in [0.2, 0.25) is 0 Å². The highest BCUT2D eigenvalue weighted by Crippen LogP contribution is 2.23. The third-order valence-electron chi connectivity index (χ3n) is 4.75. The molecule has 0 unspecified atom stereocenters. The van der Waals surface area contributed by atoms with Gasteiger partial charge in [0, 0.05) is 39.8 Å². The number of halogens is 1. The van der Waals surface area contributed by atoms with Crippen LogP contribution in [-0.4, -0.2) is 58.2 Å². The zero-order valence-electron chi connectivity index (χ0n) is 14.6. The number of hydrogen-bond acceptors (Lipinski definition) is 3. The number of rotatable bonds is 4. The highest BCUT2D eigenvalue weighted by Gasteiger charge is 2.29. The van der Waals surface area contributed by atoms with Crippen molar-refractivity contribution < 1.29 is 14.0 Å². The molecule has 1 aliphatic rings. The Labute approximate surface area is 146 Å². The van der Waals surface area contributed by atoms with Crippen molar-refractivity contribution in [3.05, 3.63) is 36.0 Å². The number of nitrogens with zero attached hydrogens (tertiary/aromatic N) is 4. The molecule has 0 spiro atoms. The van der Waals surface area contributed by atoms with Gasteiger partial charge >= 0.3 is 0 Å². The number of piperidine rings is 1. The molecule has 7 heteroatoms. The molecule has 134 valence electrons. The molecule has 6 nitrogen and oxygen atoms in total. The van der Waals surface area contributed by atoms with Gasteiger partial charge in [0.25, 0.3) is 5.91 Å². The zero-order chi connectivity index (χ0) is 18.0. The zero-order valence-corrected chi connectivity index (χ0v) is 14.6. The van der Waals surface area contributed by atoms with E-state index in [0.29, 0.717) is 25.2 Å². The van der Waals surface area contributed by atoms with Crippen LogP contribution in [0.25, 0.3) is 5.65 Å². The number of aromatic nitrogens is 2. The Hall–Kier alpha value is -2.44. The predicted octanol–water partition coefficient (Wildman–Crippen LogP) is 2.19. The summed E-state index contributed by atoms with van der Waals surface area (Å²) in [6.07, 6.45) is 4.62. The van der Waals surface area contributed by atoms with Crippen molar-refractivity contribution in [2.45, 2.75) is 25.7 Å². The Morgan fingerprint density at radius 3 is 2.88 bits per heavy atom. The van der Waals surface area contributed by atoms with Crippen molar-refractivity contribution in [1.29, 1.82) is 0 Å². The minimum Gasteiger partial charge on any atom is -0.349 e. The van der Waals surface area contributed by atoms with Gasteiger partial charge in [0.15, 0.2) is 5.69 Å². The van der Waals surface area contributed by atoms with E-state index < -0.39 is 5.95 Å². The maximum Gasteiger partial charge on any atom is 0.277 e. The van der Waals surface area contributed by atoms with Crippen LogP contribution in [0.15, 0.2) is 24.4 Å². The molecule has 3 heterocycles. The van der Waals surface area contributed by atoms with Gasteiger partial charge in [0.2, 0.25) is 11.9 Å². The Morgan fingerprint density at radius 1 is 1.36 bits per heavy atom. The van der Waals surface area contributed by atoms with Crippen molar-refractivity contribution in [3.63, 3.8) is 0 Å². The van der Waals surface area contributed by atoms with Gasteiger partial charge in [-0.2, -0.15) is 4.39 Å². The lowest BCUT2D eigenvalue weighted by Crippen LogP contribution is -2.40. The van der Waals surface area contributed by atoms with Crippen LogP contribution in [0.5, 0.6) is 0 Å². The fraction of sp³-hybridized carbons (Fsp3) is 0.500. The average Bonchev–Trinajstić information content (AvgIpc) is 2.96. The van der Waals surface area contributed by atoms with Gasteiger partial charge in [-0.3, -0.25) is 14.0 Å². The van der Waals surface area contributed by atoms with E-state index in [9.17, 15) is 14.0 Å². The molecule has 1 aliphatic heterocycles. The molecule has 0 radical (unpaired) electrons. The maximum atomic E-state index is 14.5. The monoisotopic (exact) mass is 346 g/mol. The first kappa shape index (κ1) is 17.4. The number of carbonyl (C=O) groups excluding carboxylic acids is 2. The largest absolute Gasteiger partial charge is 0.349 e. The van der Waals surface area contributed by atoms with Gasteiger partial charge in [-0.25, -0.2) is 4.98 Å². The second-order valence-electron chi connectivity index (χ2n) is 6.77. The van der Waals surface area contributed by atoms with Crippen LogP contribution < -0.4 is 0 Å². The average molecular weight is 346 g/mol. The van der Waals surface area contributed by atoms with Gasteiger partial charge in [-0.05, 0) is 37.3 Å². The van der Waals surface area contributed by atoms with Gasteiger partial charge in [-0.1, -0.05) is 6.07 Å². The van der Waals surface area contributed by atoms with E-state index in [0.717, 1.165) is 19.3 Å². The summed E-state index contributed by atoms with van der Waals surface area (Å²) in [6.45, 7) is 1.15. The van der Waals surface area contributed by atoms with Gasteiger partial charge < -0.3 is 9.80 Å². The minimum absolute atomic E-state index is 0.0924. The second-order valence-corrected chi connectivity index (χ2v) is 6.77. The third-order valence-corrected chi connectivity index (χ3v) is 4.75. The standard InChI is InChI=1S/C18H23FN4O2/c1-21(2)15(24)9-8-13-6-5-10-22(12-13)18(25)16-17(19)23-11-4-3-7-14(23)20-16/h3-4,7,11,13H,5-6,8-10,12H2,1-2H3/t13-/m0/s1. The fourth-order valence-electron chi connectivity index (χ4n) is 3.29. The second kappa shape index (κ2) is 7.21. The van der Waals surface area contributed by atoms with Crippen LogP contribution in [-0.2, 0) is 4.79 Å². The highest BCUT2D eigenvalue weighted by molar-refractivity contribution is 5.93. The van der Waals surface area contributed by atoms with Crippen molar-refractivity contribution in [1.82, 2.24) is 19.2 Å². The Morgan fingerprint density at radius 2 is 2.16 bits per heavy atom. The summed E-state index contributed by atoms with van der Waals surface area (Å²) in [5, 5.41) is 0. The number of likely N-dealkylation sites (tertiary alicyclic amines) is 1. The number of imidazole rings is 1. The Bertz CT molecular complexity index is 786. The van der Waals surface area contributed by atoms with Gasteiger partial charge in [0.05, 0.1) is 0 Å². The van der Waals surface area contributed by atoms with E-state index in [1.807, 2.05) is 0 Å². The molecule has 0 bridgehead atoms. The van der Waals surface area contributed by atoms with Crippen LogP contribution in [0.3, 0.4) is 0 Å². The van der Waals surface area contributed by atoms with Crippen LogP contribution in [0, 0.1) is 11.9 Å². The molecule has 1 saturated heterocycles. The maximum absolute atomic E-state index is 14.5. The third kappa shape index (κ3) is 3.65. The molecule has 0 aromatic carbocycles. The molecule has 0 saturated carbocycles. The summed E-state index contributed by atoms with van der Waals surface area (Å²) >= 11 is 0. The van der Waals surface area contributed by atoms with E-state index in [-0.39, 0.29) is 23.4 Å². The topological polar surface area (TPSA) is 57.9 Å². The number of amides is 2. The minimum atomic E-state index is -0.620. The van der Waals surface area contributed by atoms with Gasteiger partial charge in [-0.15, -0.1) is 0 Å². The van der Waals surface area contributed by atoms with E-state index in [2.05, 4.69) is 4.98 Å². The van der Waals surface area contributed by atoms with E-state index in [4.69, 9.17) is 0 Å². The highest BCUT2D eigenvalue weighted by atomic mass is 19.1. The molecule has 2 aromatic heterocycles. The number of hydrogen-bond donors (Lipinski definition) is 0. The summed E-state index contributed by atoms with van der Waals surface area (Å²) in [5.41, 5.74) is 0.296. The Kier molecular flexibility index (Phi) is 5.01. The first-order chi connectivity index (χ1) is 12.0. The molecule has 3 rings (SSSR count). The van der Waals surface area contributed by atoms with E-state index >= 15 is 0 Å². The quantitative estimate of drug-likeness (QED) is 0.853.